The maximum Gasteiger partial charge on any atom is 0.338 e. The van der Waals surface area contributed by atoms with Gasteiger partial charge in [0, 0.05) is 13.1 Å². The molecule has 2 N–H and O–H groups in total. The van der Waals surface area contributed by atoms with Gasteiger partial charge in [0.2, 0.25) is 10.0 Å². The topological polar surface area (TPSA) is 107 Å². The average Bonchev–Trinajstić information content (AvgIpc) is 2.82. The summed E-state index contributed by atoms with van der Waals surface area (Å²) in [5.41, 5.74) is -0.0380. The zero-order valence-corrected chi connectivity index (χ0v) is 15.5. The summed E-state index contributed by atoms with van der Waals surface area (Å²) in [5, 5.41) is 4.97. The summed E-state index contributed by atoms with van der Waals surface area (Å²) < 4.78 is 28.1. The van der Waals surface area contributed by atoms with E-state index in [9.17, 15) is 18.0 Å². The first kappa shape index (κ1) is 19.7. The van der Waals surface area contributed by atoms with Crippen molar-refractivity contribution in [1.82, 2.24) is 4.90 Å². The highest BCUT2D eigenvalue weighted by molar-refractivity contribution is 7.89. The summed E-state index contributed by atoms with van der Waals surface area (Å²) >= 11 is 5.79. The summed E-state index contributed by atoms with van der Waals surface area (Å²) in [5.74, 6) is -1.06. The molecule has 1 aromatic rings. The minimum absolute atomic E-state index is 0.0380. The third-order valence-corrected chi connectivity index (χ3v) is 5.42. The number of hydrogen-bond donors (Lipinski definition) is 1. The van der Waals surface area contributed by atoms with Crippen LogP contribution in [0.5, 0.6) is 0 Å². The van der Waals surface area contributed by atoms with Gasteiger partial charge in [0.1, 0.15) is 4.90 Å². The molecule has 1 heterocycles. The van der Waals surface area contributed by atoms with Gasteiger partial charge < -0.3 is 9.64 Å². The summed E-state index contributed by atoms with van der Waals surface area (Å²) in [6, 6.07) is 3.62. The molecule has 0 bridgehead atoms. The highest BCUT2D eigenvalue weighted by Crippen LogP contribution is 2.22. The molecule has 0 saturated carbocycles. The Morgan fingerprint density at radius 1 is 1.20 bits per heavy atom. The smallest absolute Gasteiger partial charge is 0.338 e. The Morgan fingerprint density at radius 3 is 2.36 bits per heavy atom. The lowest BCUT2D eigenvalue weighted by molar-refractivity contribution is -0.139. The van der Waals surface area contributed by atoms with Crippen molar-refractivity contribution in [2.24, 2.45) is 5.14 Å². The molecule has 0 aliphatic carbocycles. The molecule has 0 radical (unpaired) electrons. The van der Waals surface area contributed by atoms with E-state index in [-0.39, 0.29) is 21.4 Å². The van der Waals surface area contributed by atoms with Gasteiger partial charge in [0.15, 0.2) is 6.10 Å². The summed E-state index contributed by atoms with van der Waals surface area (Å²) in [6.45, 7) is 2.80. The predicted molar refractivity (Wildman–Crippen MR) is 92.8 cm³/mol. The highest BCUT2D eigenvalue weighted by Gasteiger charge is 2.25. The van der Waals surface area contributed by atoms with Gasteiger partial charge in [-0.05, 0) is 38.0 Å². The van der Waals surface area contributed by atoms with E-state index < -0.39 is 22.1 Å². The molecule has 2 rings (SSSR count). The second-order valence-corrected chi connectivity index (χ2v) is 7.91. The van der Waals surface area contributed by atoms with E-state index >= 15 is 0 Å². The molecule has 7 nitrogen and oxygen atoms in total. The number of esters is 1. The monoisotopic (exact) mass is 388 g/mol. The maximum absolute atomic E-state index is 12.4. The maximum atomic E-state index is 12.4. The number of rotatable bonds is 4. The second kappa shape index (κ2) is 8.16. The van der Waals surface area contributed by atoms with Gasteiger partial charge in [0.25, 0.3) is 5.91 Å². The van der Waals surface area contributed by atoms with E-state index in [2.05, 4.69) is 0 Å². The Bertz CT molecular complexity index is 758. The van der Waals surface area contributed by atoms with Gasteiger partial charge in [0.05, 0.1) is 10.6 Å². The molecule has 1 fully saturated rings. The molecule has 1 aliphatic heterocycles. The van der Waals surface area contributed by atoms with Crippen LogP contribution in [0, 0.1) is 0 Å². The molecule has 138 valence electrons. The van der Waals surface area contributed by atoms with Crippen LogP contribution in [-0.4, -0.2) is 44.4 Å². The molecule has 25 heavy (non-hydrogen) atoms. The van der Waals surface area contributed by atoms with Crippen LogP contribution in [0.4, 0.5) is 0 Å². The van der Waals surface area contributed by atoms with Crippen molar-refractivity contribution in [3.8, 4) is 0 Å². The molecule has 9 heteroatoms. The Hall–Kier alpha value is -1.64. The van der Waals surface area contributed by atoms with E-state index in [1.54, 1.807) is 4.90 Å². The van der Waals surface area contributed by atoms with Crippen molar-refractivity contribution >= 4 is 33.5 Å². The highest BCUT2D eigenvalue weighted by atomic mass is 35.5. The van der Waals surface area contributed by atoms with Crippen molar-refractivity contribution in [2.45, 2.75) is 43.6 Å². The molecule has 1 aliphatic rings. The summed E-state index contributed by atoms with van der Waals surface area (Å²) in [4.78, 5) is 26.0. The van der Waals surface area contributed by atoms with Crippen LogP contribution in [0.25, 0.3) is 0 Å². The van der Waals surface area contributed by atoms with Crippen LogP contribution >= 0.6 is 11.6 Å². The Labute approximate surface area is 152 Å². The first-order valence-electron chi connectivity index (χ1n) is 8.02. The normalized spacial score (nSPS) is 16.8. The lowest BCUT2D eigenvalue weighted by Crippen LogP contribution is -2.40. The lowest BCUT2D eigenvalue weighted by atomic mass is 10.2. The second-order valence-electron chi connectivity index (χ2n) is 5.98. The van der Waals surface area contributed by atoms with Gasteiger partial charge in [-0.1, -0.05) is 24.4 Å². The standard InChI is InChI=1S/C16H21ClN2O5S/c1-11(15(20)19-8-4-2-3-5-9-19)24-16(21)12-6-7-13(17)14(10-12)25(18,22)23/h6-7,10-11H,2-5,8-9H2,1H3,(H2,18,22,23)/t11-/m0/s1. The number of ether oxygens (including phenoxy) is 1. The van der Waals surface area contributed by atoms with Gasteiger partial charge in [-0.15, -0.1) is 0 Å². The van der Waals surface area contributed by atoms with Crippen LogP contribution in [-0.2, 0) is 19.6 Å². The summed E-state index contributed by atoms with van der Waals surface area (Å²) in [6.07, 6.45) is 3.07. The summed E-state index contributed by atoms with van der Waals surface area (Å²) in [7, 11) is -4.07. The van der Waals surface area contributed by atoms with E-state index in [1.807, 2.05) is 0 Å². The minimum atomic E-state index is -4.07. The van der Waals surface area contributed by atoms with Gasteiger partial charge in [-0.2, -0.15) is 0 Å². The van der Waals surface area contributed by atoms with Gasteiger partial charge in [-0.25, -0.2) is 18.4 Å². The number of carbonyl (C=O) groups is 2. The number of sulfonamides is 1. The lowest BCUT2D eigenvalue weighted by Gasteiger charge is -2.24. The fourth-order valence-corrected chi connectivity index (χ4v) is 3.75. The number of halogens is 1. The molecule has 0 unspecified atom stereocenters. The first-order valence-corrected chi connectivity index (χ1v) is 9.94. The van der Waals surface area contributed by atoms with Crippen molar-refractivity contribution in [1.29, 1.82) is 0 Å². The van der Waals surface area contributed by atoms with Crippen LogP contribution in [0.2, 0.25) is 5.02 Å². The van der Waals surface area contributed by atoms with Gasteiger partial charge in [-0.3, -0.25) is 4.79 Å². The number of nitrogens with zero attached hydrogens (tertiary/aromatic N) is 1. The van der Waals surface area contributed by atoms with Crippen molar-refractivity contribution in [2.75, 3.05) is 13.1 Å². The fraction of sp³-hybridized carbons (Fsp3) is 0.500. The number of amides is 1. The largest absolute Gasteiger partial charge is 0.449 e. The molecule has 1 saturated heterocycles. The Morgan fingerprint density at radius 2 is 1.80 bits per heavy atom. The molecule has 1 amide bonds. The molecule has 0 aromatic heterocycles. The number of hydrogen-bond acceptors (Lipinski definition) is 5. The SMILES string of the molecule is C[C@H](OC(=O)c1ccc(Cl)c(S(N)(=O)=O)c1)C(=O)N1CCCCCC1. The zero-order chi connectivity index (χ0) is 18.6. The third-order valence-electron chi connectivity index (χ3n) is 4.02. The number of nitrogens with two attached hydrogens (primary N) is 1. The number of carbonyl (C=O) groups excluding carboxylic acids is 2. The predicted octanol–water partition coefficient (Wildman–Crippen LogP) is 1.94. The Balaban J connectivity index is 2.09. The molecular formula is C16H21ClN2O5S. The zero-order valence-electron chi connectivity index (χ0n) is 13.9. The third kappa shape index (κ3) is 5.17. The van der Waals surface area contributed by atoms with Crippen molar-refractivity contribution in [3.63, 3.8) is 0 Å². The minimum Gasteiger partial charge on any atom is -0.449 e. The molecule has 1 aromatic carbocycles. The molecular weight excluding hydrogens is 368 g/mol. The average molecular weight is 389 g/mol. The Kier molecular flexibility index (Phi) is 6.42. The van der Waals surface area contributed by atoms with E-state index in [0.717, 1.165) is 31.7 Å². The molecule has 0 spiro atoms. The van der Waals surface area contributed by atoms with E-state index in [1.165, 1.54) is 19.1 Å². The van der Waals surface area contributed by atoms with Crippen molar-refractivity contribution < 1.29 is 22.7 Å². The van der Waals surface area contributed by atoms with Crippen LogP contribution in [0.15, 0.2) is 23.1 Å². The van der Waals surface area contributed by atoms with Crippen LogP contribution < -0.4 is 5.14 Å². The number of benzene rings is 1. The van der Waals surface area contributed by atoms with E-state index in [0.29, 0.717) is 13.1 Å². The number of primary sulfonamides is 1. The van der Waals surface area contributed by atoms with Crippen LogP contribution in [0.3, 0.4) is 0 Å². The van der Waals surface area contributed by atoms with Crippen molar-refractivity contribution in [3.05, 3.63) is 28.8 Å². The molecule has 1 atom stereocenters. The van der Waals surface area contributed by atoms with E-state index in [4.69, 9.17) is 21.5 Å². The van der Waals surface area contributed by atoms with Gasteiger partial charge >= 0.3 is 5.97 Å². The fourth-order valence-electron chi connectivity index (χ4n) is 2.68. The van der Waals surface area contributed by atoms with Crippen LogP contribution in [0.1, 0.15) is 43.0 Å². The number of likely N-dealkylation sites (tertiary alicyclic amines) is 1. The quantitative estimate of drug-likeness (QED) is 0.793. The first-order chi connectivity index (χ1) is 11.7.